The van der Waals surface area contributed by atoms with Gasteiger partial charge in [0.05, 0.1) is 21.3 Å². The predicted octanol–water partition coefficient (Wildman–Crippen LogP) is 4.55. The van der Waals surface area contributed by atoms with Crippen molar-refractivity contribution in [2.45, 2.75) is 52.0 Å². The lowest BCUT2D eigenvalue weighted by Crippen LogP contribution is -2.41. The summed E-state index contributed by atoms with van der Waals surface area (Å²) in [5.74, 6) is 1.88. The second-order valence-corrected chi connectivity index (χ2v) is 8.40. The number of carbonyl (C=O) groups excluding carboxylic acids is 1. The zero-order valence-electron chi connectivity index (χ0n) is 17.7. The molecular weight excluding hydrogens is 390 g/mol. The Hall–Kier alpha value is -2.35. The molecule has 1 aliphatic carbocycles. The number of nitrogens with zero attached hydrogens (tertiary/aromatic N) is 3. The third-order valence-corrected chi connectivity index (χ3v) is 6.21. The molecule has 1 amide bonds. The number of anilines is 1. The lowest BCUT2D eigenvalue weighted by Gasteiger charge is -2.29. The normalized spacial score (nSPS) is 14.7. The van der Waals surface area contributed by atoms with Crippen LogP contribution >= 0.6 is 11.3 Å². The van der Waals surface area contributed by atoms with Gasteiger partial charge in [-0.3, -0.25) is 9.69 Å². The first-order valence-corrected chi connectivity index (χ1v) is 10.8. The number of carbonyl (C=O) groups is 1. The highest BCUT2D eigenvalue weighted by Crippen LogP contribution is 2.42. The Morgan fingerprint density at radius 1 is 1.03 bits per heavy atom. The molecule has 158 valence electrons. The molecule has 0 atom stereocenters. The number of amides is 1. The first-order valence-electron chi connectivity index (χ1n) is 9.97. The Kier molecular flexibility index (Phi) is 6.95. The van der Waals surface area contributed by atoms with Crippen molar-refractivity contribution < 1.29 is 19.0 Å². The maximum atomic E-state index is 13.2. The van der Waals surface area contributed by atoms with E-state index in [1.54, 1.807) is 26.2 Å². The summed E-state index contributed by atoms with van der Waals surface area (Å²) in [5.41, 5.74) is 0.803. The fourth-order valence-corrected chi connectivity index (χ4v) is 4.72. The van der Waals surface area contributed by atoms with Crippen LogP contribution in [0.25, 0.3) is 10.6 Å². The quantitative estimate of drug-likeness (QED) is 0.655. The van der Waals surface area contributed by atoms with Gasteiger partial charge in [-0.05, 0) is 38.8 Å². The molecule has 0 radical (unpaired) electrons. The van der Waals surface area contributed by atoms with Crippen molar-refractivity contribution in [3.05, 3.63) is 12.1 Å². The van der Waals surface area contributed by atoms with Crippen molar-refractivity contribution >= 4 is 22.4 Å². The summed E-state index contributed by atoms with van der Waals surface area (Å²) in [6, 6.07) is 3.70. The maximum absolute atomic E-state index is 13.2. The summed E-state index contributed by atoms with van der Waals surface area (Å²) in [7, 11) is 4.73. The van der Waals surface area contributed by atoms with Gasteiger partial charge in [-0.25, -0.2) is 0 Å². The molecule has 7 nitrogen and oxygen atoms in total. The molecule has 1 aromatic heterocycles. The molecule has 2 aromatic rings. The SMILES string of the molecule is COc1cc(-c2nnc(N(C(=O)C3CCCCC3)C(C)C)s2)cc(OC)c1OC. The topological polar surface area (TPSA) is 73.8 Å². The first-order chi connectivity index (χ1) is 14.0. The van der Waals surface area contributed by atoms with Crippen LogP contribution in [0.5, 0.6) is 17.2 Å². The molecule has 0 spiro atoms. The Labute approximate surface area is 176 Å². The van der Waals surface area contributed by atoms with Crippen LogP contribution in [0.4, 0.5) is 5.13 Å². The van der Waals surface area contributed by atoms with Crippen LogP contribution in [-0.4, -0.2) is 43.5 Å². The Bertz CT molecular complexity index is 821. The van der Waals surface area contributed by atoms with E-state index in [9.17, 15) is 4.79 Å². The summed E-state index contributed by atoms with van der Waals surface area (Å²) in [6.07, 6.45) is 5.38. The molecule has 0 saturated heterocycles. The van der Waals surface area contributed by atoms with Crippen molar-refractivity contribution in [2.24, 2.45) is 5.92 Å². The van der Waals surface area contributed by atoms with E-state index in [1.165, 1.54) is 17.8 Å². The average Bonchev–Trinajstić information content (AvgIpc) is 3.22. The summed E-state index contributed by atoms with van der Waals surface area (Å²) in [6.45, 7) is 4.03. The van der Waals surface area contributed by atoms with Crippen LogP contribution in [-0.2, 0) is 4.79 Å². The van der Waals surface area contributed by atoms with Gasteiger partial charge in [-0.2, -0.15) is 0 Å². The van der Waals surface area contributed by atoms with Crippen LogP contribution in [0.1, 0.15) is 46.0 Å². The van der Waals surface area contributed by atoms with Gasteiger partial charge >= 0.3 is 0 Å². The number of benzene rings is 1. The van der Waals surface area contributed by atoms with E-state index in [1.807, 2.05) is 26.0 Å². The van der Waals surface area contributed by atoms with Crippen molar-refractivity contribution in [3.8, 4) is 27.8 Å². The largest absolute Gasteiger partial charge is 0.493 e. The molecule has 8 heteroatoms. The fraction of sp³-hybridized carbons (Fsp3) is 0.571. The molecule has 1 aromatic carbocycles. The predicted molar refractivity (Wildman–Crippen MR) is 114 cm³/mol. The van der Waals surface area contributed by atoms with Gasteiger partial charge in [0.1, 0.15) is 5.01 Å². The van der Waals surface area contributed by atoms with E-state index in [0.29, 0.717) is 27.4 Å². The molecule has 29 heavy (non-hydrogen) atoms. The summed E-state index contributed by atoms with van der Waals surface area (Å²) >= 11 is 1.40. The van der Waals surface area contributed by atoms with Gasteiger partial charge in [0.2, 0.25) is 16.8 Å². The molecule has 1 saturated carbocycles. The van der Waals surface area contributed by atoms with Gasteiger partial charge in [-0.1, -0.05) is 30.6 Å². The number of aromatic nitrogens is 2. The van der Waals surface area contributed by atoms with Crippen molar-refractivity contribution in [1.82, 2.24) is 10.2 Å². The highest BCUT2D eigenvalue weighted by molar-refractivity contribution is 7.18. The second-order valence-electron chi connectivity index (χ2n) is 7.44. The minimum atomic E-state index is 0.0187. The van der Waals surface area contributed by atoms with Gasteiger partial charge in [0.25, 0.3) is 0 Å². The number of ether oxygens (including phenoxy) is 3. The summed E-state index contributed by atoms with van der Waals surface area (Å²) in [5, 5.41) is 10.0. The number of hydrogen-bond donors (Lipinski definition) is 0. The molecule has 1 heterocycles. The molecule has 0 unspecified atom stereocenters. The van der Waals surface area contributed by atoms with Gasteiger partial charge in [0, 0.05) is 17.5 Å². The van der Waals surface area contributed by atoms with Crippen molar-refractivity contribution in [2.75, 3.05) is 26.2 Å². The molecule has 3 rings (SSSR count). The minimum absolute atomic E-state index is 0.0187. The van der Waals surface area contributed by atoms with Crippen LogP contribution in [0.2, 0.25) is 0 Å². The molecule has 1 fully saturated rings. The Morgan fingerprint density at radius 3 is 2.17 bits per heavy atom. The lowest BCUT2D eigenvalue weighted by atomic mass is 9.88. The zero-order valence-corrected chi connectivity index (χ0v) is 18.5. The number of hydrogen-bond acceptors (Lipinski definition) is 7. The van der Waals surface area contributed by atoms with E-state index >= 15 is 0 Å². The highest BCUT2D eigenvalue weighted by Gasteiger charge is 2.31. The second kappa shape index (κ2) is 9.43. The smallest absolute Gasteiger partial charge is 0.232 e. The van der Waals surface area contributed by atoms with E-state index in [2.05, 4.69) is 10.2 Å². The molecular formula is C21H29N3O4S. The number of rotatable bonds is 7. The van der Waals surface area contributed by atoms with Crippen LogP contribution in [0.3, 0.4) is 0 Å². The first kappa shape index (κ1) is 21.4. The van der Waals surface area contributed by atoms with Crippen LogP contribution in [0.15, 0.2) is 12.1 Å². The third kappa shape index (κ3) is 4.47. The zero-order chi connectivity index (χ0) is 21.0. The van der Waals surface area contributed by atoms with E-state index in [-0.39, 0.29) is 17.9 Å². The monoisotopic (exact) mass is 419 g/mol. The number of methoxy groups -OCH3 is 3. The fourth-order valence-electron chi connectivity index (χ4n) is 3.75. The molecule has 1 aliphatic rings. The summed E-state index contributed by atoms with van der Waals surface area (Å²) in [4.78, 5) is 15.0. The summed E-state index contributed by atoms with van der Waals surface area (Å²) < 4.78 is 16.3. The third-order valence-electron chi connectivity index (χ3n) is 5.24. The highest BCUT2D eigenvalue weighted by atomic mass is 32.1. The molecule has 0 N–H and O–H groups in total. The lowest BCUT2D eigenvalue weighted by molar-refractivity contribution is -0.123. The van der Waals surface area contributed by atoms with Crippen LogP contribution in [0, 0.1) is 5.92 Å². The van der Waals surface area contributed by atoms with E-state index in [4.69, 9.17) is 14.2 Å². The van der Waals surface area contributed by atoms with Gasteiger partial charge in [0.15, 0.2) is 11.5 Å². The minimum Gasteiger partial charge on any atom is -0.493 e. The van der Waals surface area contributed by atoms with Gasteiger partial charge in [-0.15, -0.1) is 10.2 Å². The Morgan fingerprint density at radius 2 is 1.66 bits per heavy atom. The molecule has 0 bridgehead atoms. The Balaban J connectivity index is 1.93. The van der Waals surface area contributed by atoms with E-state index in [0.717, 1.165) is 31.2 Å². The van der Waals surface area contributed by atoms with Crippen LogP contribution < -0.4 is 19.1 Å². The van der Waals surface area contributed by atoms with Crippen molar-refractivity contribution in [3.63, 3.8) is 0 Å². The standard InChI is InChI=1S/C21H29N3O4S/c1-13(2)24(20(25)14-9-7-6-8-10-14)21-23-22-19(29-21)15-11-16(26-3)18(28-5)17(12-15)27-4/h11-14H,6-10H2,1-5H3. The maximum Gasteiger partial charge on any atom is 0.232 e. The average molecular weight is 420 g/mol. The van der Waals surface area contributed by atoms with Crippen molar-refractivity contribution in [1.29, 1.82) is 0 Å². The molecule has 0 aliphatic heterocycles. The van der Waals surface area contributed by atoms with E-state index < -0.39 is 0 Å². The van der Waals surface area contributed by atoms with Gasteiger partial charge < -0.3 is 14.2 Å².